The second-order valence-electron chi connectivity index (χ2n) is 5.69. The Morgan fingerprint density at radius 3 is 2.65 bits per heavy atom. The number of benzene rings is 1. The van der Waals surface area contributed by atoms with Gasteiger partial charge in [-0.15, -0.1) is 0 Å². The van der Waals surface area contributed by atoms with Gasteiger partial charge in [0.15, 0.2) is 0 Å². The van der Waals surface area contributed by atoms with E-state index in [0.29, 0.717) is 23.0 Å². The number of carbonyl (C=O) groups is 1. The predicted octanol–water partition coefficient (Wildman–Crippen LogP) is 3.69. The van der Waals surface area contributed by atoms with Gasteiger partial charge in [0.25, 0.3) is 0 Å². The van der Waals surface area contributed by atoms with Gasteiger partial charge in [0.2, 0.25) is 5.91 Å². The summed E-state index contributed by atoms with van der Waals surface area (Å²) < 4.78 is 0. The molecule has 0 saturated heterocycles. The van der Waals surface area contributed by atoms with Crippen LogP contribution in [0.25, 0.3) is 0 Å². The van der Waals surface area contributed by atoms with Crippen LogP contribution in [-0.2, 0) is 4.79 Å². The minimum absolute atomic E-state index is 0.0214. The Morgan fingerprint density at radius 2 is 2.15 bits per heavy atom. The number of carbonyl (C=O) groups excluding carboxylic acids is 1. The summed E-state index contributed by atoms with van der Waals surface area (Å²) in [7, 11) is 0. The molecule has 0 heterocycles. The number of nitrogens with one attached hydrogen (secondary N) is 1. The van der Waals surface area contributed by atoms with Crippen LogP contribution in [0.15, 0.2) is 18.2 Å². The van der Waals surface area contributed by atoms with Crippen molar-refractivity contribution in [3.05, 3.63) is 33.8 Å². The van der Waals surface area contributed by atoms with Crippen LogP contribution < -0.4 is 11.1 Å². The standard InChI is InChI=1S/C15H20Cl2N2O/c1-10(12-4-3-11(16)7-13(12)17)19-14(20)8-15(9-18)5-2-6-15/h3-4,7,10H,2,5-6,8-9,18H2,1H3,(H,19,20). The topological polar surface area (TPSA) is 55.1 Å². The molecule has 0 radical (unpaired) electrons. The highest BCUT2D eigenvalue weighted by atomic mass is 35.5. The van der Waals surface area contributed by atoms with Crippen LogP contribution in [0, 0.1) is 5.41 Å². The van der Waals surface area contributed by atoms with Crippen molar-refractivity contribution in [2.45, 2.75) is 38.6 Å². The van der Waals surface area contributed by atoms with Crippen molar-refractivity contribution in [1.29, 1.82) is 0 Å². The summed E-state index contributed by atoms with van der Waals surface area (Å²) in [5, 5.41) is 4.16. The molecule has 0 aliphatic heterocycles. The first-order valence-electron chi connectivity index (χ1n) is 6.90. The number of halogens is 2. The molecule has 1 aromatic rings. The maximum Gasteiger partial charge on any atom is 0.221 e. The fraction of sp³-hybridized carbons (Fsp3) is 0.533. The van der Waals surface area contributed by atoms with E-state index in [0.717, 1.165) is 18.4 Å². The molecule has 3 nitrogen and oxygen atoms in total. The molecule has 2 rings (SSSR count). The highest BCUT2D eigenvalue weighted by Gasteiger charge is 2.37. The number of nitrogens with two attached hydrogens (primary N) is 1. The molecule has 0 aromatic heterocycles. The van der Waals surface area contributed by atoms with Crippen LogP contribution in [0.5, 0.6) is 0 Å². The van der Waals surface area contributed by atoms with E-state index in [2.05, 4.69) is 5.32 Å². The van der Waals surface area contributed by atoms with Crippen molar-refractivity contribution in [2.75, 3.05) is 6.54 Å². The Morgan fingerprint density at radius 1 is 1.45 bits per heavy atom. The van der Waals surface area contributed by atoms with E-state index in [1.807, 2.05) is 13.0 Å². The zero-order valence-corrected chi connectivity index (χ0v) is 13.1. The van der Waals surface area contributed by atoms with Crippen LogP contribution in [-0.4, -0.2) is 12.5 Å². The molecule has 1 unspecified atom stereocenters. The lowest BCUT2D eigenvalue weighted by Crippen LogP contribution is -2.42. The van der Waals surface area contributed by atoms with Gasteiger partial charge in [0, 0.05) is 16.5 Å². The first kappa shape index (κ1) is 15.6. The van der Waals surface area contributed by atoms with Crippen molar-refractivity contribution < 1.29 is 4.79 Å². The van der Waals surface area contributed by atoms with Gasteiger partial charge in [-0.1, -0.05) is 35.7 Å². The summed E-state index contributed by atoms with van der Waals surface area (Å²) in [5.74, 6) is 0.0358. The largest absolute Gasteiger partial charge is 0.350 e. The first-order valence-corrected chi connectivity index (χ1v) is 7.66. The summed E-state index contributed by atoms with van der Waals surface area (Å²) >= 11 is 12.0. The van der Waals surface area contributed by atoms with E-state index in [-0.39, 0.29) is 17.4 Å². The average Bonchev–Trinajstić information content (AvgIpc) is 2.33. The van der Waals surface area contributed by atoms with E-state index in [1.54, 1.807) is 12.1 Å². The SMILES string of the molecule is CC(NC(=O)CC1(CN)CCC1)c1ccc(Cl)cc1Cl. The van der Waals surface area contributed by atoms with Crippen LogP contribution in [0.4, 0.5) is 0 Å². The van der Waals surface area contributed by atoms with Crippen molar-refractivity contribution in [1.82, 2.24) is 5.32 Å². The Labute approximate surface area is 129 Å². The predicted molar refractivity (Wildman–Crippen MR) is 83.0 cm³/mol. The third-order valence-electron chi connectivity index (χ3n) is 4.19. The minimum Gasteiger partial charge on any atom is -0.350 e. The van der Waals surface area contributed by atoms with Crippen LogP contribution in [0.2, 0.25) is 10.0 Å². The quantitative estimate of drug-likeness (QED) is 0.870. The average molecular weight is 315 g/mol. The van der Waals surface area contributed by atoms with Gasteiger partial charge >= 0.3 is 0 Å². The summed E-state index contributed by atoms with van der Waals surface area (Å²) in [4.78, 5) is 12.1. The number of hydrogen-bond acceptors (Lipinski definition) is 2. The highest BCUT2D eigenvalue weighted by molar-refractivity contribution is 6.35. The van der Waals surface area contributed by atoms with E-state index in [9.17, 15) is 4.79 Å². The van der Waals surface area contributed by atoms with Crippen LogP contribution >= 0.6 is 23.2 Å². The molecule has 1 amide bonds. The van der Waals surface area contributed by atoms with Crippen molar-refractivity contribution in [3.8, 4) is 0 Å². The smallest absolute Gasteiger partial charge is 0.221 e. The molecule has 20 heavy (non-hydrogen) atoms. The minimum atomic E-state index is -0.137. The molecule has 5 heteroatoms. The lowest BCUT2D eigenvalue weighted by atomic mass is 9.66. The summed E-state index contributed by atoms with van der Waals surface area (Å²) in [5.41, 5.74) is 6.68. The van der Waals surface area contributed by atoms with Crippen LogP contribution in [0.3, 0.4) is 0 Å². The van der Waals surface area contributed by atoms with Gasteiger partial charge < -0.3 is 11.1 Å². The molecule has 1 atom stereocenters. The second kappa shape index (κ2) is 6.33. The molecule has 0 spiro atoms. The fourth-order valence-electron chi connectivity index (χ4n) is 2.69. The summed E-state index contributed by atoms with van der Waals surface area (Å²) in [6.45, 7) is 2.50. The molecular weight excluding hydrogens is 295 g/mol. The monoisotopic (exact) mass is 314 g/mol. The first-order chi connectivity index (χ1) is 9.46. The maximum atomic E-state index is 12.1. The summed E-state index contributed by atoms with van der Waals surface area (Å²) in [6.07, 6.45) is 3.77. The third kappa shape index (κ3) is 3.46. The number of rotatable bonds is 5. The van der Waals surface area contributed by atoms with Crippen molar-refractivity contribution >= 4 is 29.1 Å². The Bertz CT molecular complexity index is 495. The Kier molecular flexibility index (Phi) is 4.95. The Hall–Kier alpha value is -0.770. The lowest BCUT2D eigenvalue weighted by Gasteiger charge is -2.40. The zero-order chi connectivity index (χ0) is 14.8. The van der Waals surface area contributed by atoms with E-state index >= 15 is 0 Å². The van der Waals surface area contributed by atoms with Crippen molar-refractivity contribution in [2.24, 2.45) is 11.1 Å². The number of amides is 1. The normalized spacial score (nSPS) is 18.2. The van der Waals surface area contributed by atoms with Gasteiger partial charge in [0.1, 0.15) is 0 Å². The van der Waals surface area contributed by atoms with E-state index in [1.165, 1.54) is 6.42 Å². The molecule has 1 fully saturated rings. The lowest BCUT2D eigenvalue weighted by molar-refractivity contribution is -0.125. The van der Waals surface area contributed by atoms with E-state index < -0.39 is 0 Å². The van der Waals surface area contributed by atoms with Gasteiger partial charge in [-0.05, 0) is 49.4 Å². The molecule has 0 bridgehead atoms. The molecule has 1 aliphatic rings. The van der Waals surface area contributed by atoms with E-state index in [4.69, 9.17) is 28.9 Å². The maximum absolute atomic E-state index is 12.1. The molecular formula is C15H20Cl2N2O. The molecule has 1 aromatic carbocycles. The Balaban J connectivity index is 1.96. The third-order valence-corrected chi connectivity index (χ3v) is 4.75. The highest BCUT2D eigenvalue weighted by Crippen LogP contribution is 2.43. The van der Waals surface area contributed by atoms with Crippen molar-refractivity contribution in [3.63, 3.8) is 0 Å². The van der Waals surface area contributed by atoms with Gasteiger partial charge in [-0.3, -0.25) is 4.79 Å². The molecule has 110 valence electrons. The molecule has 1 aliphatic carbocycles. The van der Waals surface area contributed by atoms with Gasteiger partial charge in [-0.25, -0.2) is 0 Å². The van der Waals surface area contributed by atoms with Gasteiger partial charge in [-0.2, -0.15) is 0 Å². The molecule has 3 N–H and O–H groups in total. The van der Waals surface area contributed by atoms with Crippen LogP contribution in [0.1, 0.15) is 44.2 Å². The second-order valence-corrected chi connectivity index (χ2v) is 6.53. The van der Waals surface area contributed by atoms with Gasteiger partial charge in [0.05, 0.1) is 6.04 Å². The fourth-order valence-corrected chi connectivity index (χ4v) is 3.27. The summed E-state index contributed by atoms with van der Waals surface area (Å²) in [6, 6.07) is 5.17. The molecule has 1 saturated carbocycles. The zero-order valence-electron chi connectivity index (χ0n) is 11.6. The number of hydrogen-bond donors (Lipinski definition) is 2.